The monoisotopic (exact) mass is 209 g/mol. The minimum atomic E-state index is 0.260. The van der Waals surface area contributed by atoms with Crippen LogP contribution in [0.3, 0.4) is 0 Å². The van der Waals surface area contributed by atoms with Gasteiger partial charge in [-0.2, -0.15) is 5.10 Å². The standard InChI is InChI=1S/C10H12ClN3/c1-6(2)14-10(11)8-4-3-7(12)5-9(8)13-14/h3-6H,12H2,1-2H3. The molecule has 0 fully saturated rings. The first kappa shape index (κ1) is 9.34. The third-order valence-electron chi connectivity index (χ3n) is 2.15. The van der Waals surface area contributed by atoms with Crippen molar-refractivity contribution in [3.63, 3.8) is 0 Å². The molecule has 1 aromatic carbocycles. The number of anilines is 1. The lowest BCUT2D eigenvalue weighted by Gasteiger charge is -2.05. The Kier molecular flexibility index (Phi) is 2.11. The summed E-state index contributed by atoms with van der Waals surface area (Å²) in [7, 11) is 0. The molecule has 0 saturated heterocycles. The molecular weight excluding hydrogens is 198 g/mol. The van der Waals surface area contributed by atoms with E-state index in [4.69, 9.17) is 17.3 Å². The smallest absolute Gasteiger partial charge is 0.135 e. The third-order valence-corrected chi connectivity index (χ3v) is 2.53. The minimum Gasteiger partial charge on any atom is -0.399 e. The van der Waals surface area contributed by atoms with E-state index in [-0.39, 0.29) is 6.04 Å². The topological polar surface area (TPSA) is 43.8 Å². The number of nitrogens with two attached hydrogens (primary N) is 1. The molecule has 4 heteroatoms. The van der Waals surface area contributed by atoms with E-state index in [1.807, 2.05) is 32.0 Å². The Labute approximate surface area is 87.5 Å². The zero-order chi connectivity index (χ0) is 10.3. The van der Waals surface area contributed by atoms with Gasteiger partial charge in [-0.3, -0.25) is 4.68 Å². The van der Waals surface area contributed by atoms with E-state index in [9.17, 15) is 0 Å². The van der Waals surface area contributed by atoms with Crippen LogP contribution >= 0.6 is 11.6 Å². The van der Waals surface area contributed by atoms with Crippen LogP contribution in [0.2, 0.25) is 5.15 Å². The van der Waals surface area contributed by atoms with Gasteiger partial charge in [-0.05, 0) is 32.0 Å². The Hall–Kier alpha value is -1.22. The first-order valence-electron chi connectivity index (χ1n) is 4.53. The van der Waals surface area contributed by atoms with Crippen molar-refractivity contribution < 1.29 is 0 Å². The molecule has 0 aliphatic rings. The molecule has 14 heavy (non-hydrogen) atoms. The average molecular weight is 210 g/mol. The predicted molar refractivity (Wildman–Crippen MR) is 59.5 cm³/mol. The van der Waals surface area contributed by atoms with Crippen molar-refractivity contribution in [3.8, 4) is 0 Å². The molecule has 74 valence electrons. The van der Waals surface area contributed by atoms with E-state index >= 15 is 0 Å². The van der Waals surface area contributed by atoms with E-state index in [1.54, 1.807) is 4.68 Å². The summed E-state index contributed by atoms with van der Waals surface area (Å²) in [6, 6.07) is 5.83. The fourth-order valence-corrected chi connectivity index (χ4v) is 1.82. The highest BCUT2D eigenvalue weighted by molar-refractivity contribution is 6.34. The van der Waals surface area contributed by atoms with Crippen LogP contribution in [-0.4, -0.2) is 9.78 Å². The van der Waals surface area contributed by atoms with Crippen molar-refractivity contribution in [3.05, 3.63) is 23.4 Å². The van der Waals surface area contributed by atoms with Gasteiger partial charge in [0.05, 0.1) is 5.52 Å². The zero-order valence-corrected chi connectivity index (χ0v) is 8.92. The van der Waals surface area contributed by atoms with Gasteiger partial charge in [0.25, 0.3) is 0 Å². The number of hydrogen-bond acceptors (Lipinski definition) is 2. The number of nitrogen functional groups attached to an aromatic ring is 1. The van der Waals surface area contributed by atoms with Crippen LogP contribution in [0.5, 0.6) is 0 Å². The molecule has 3 nitrogen and oxygen atoms in total. The number of fused-ring (bicyclic) bond motifs is 1. The SMILES string of the molecule is CC(C)n1nc2cc(N)ccc2c1Cl. The van der Waals surface area contributed by atoms with Gasteiger partial charge in [-0.1, -0.05) is 11.6 Å². The molecule has 2 N–H and O–H groups in total. The summed E-state index contributed by atoms with van der Waals surface area (Å²) in [4.78, 5) is 0. The van der Waals surface area contributed by atoms with Crippen LogP contribution in [0, 0.1) is 0 Å². The summed E-state index contributed by atoms with van der Waals surface area (Å²) in [5, 5.41) is 6.01. The summed E-state index contributed by atoms with van der Waals surface area (Å²) in [5.74, 6) is 0. The second-order valence-corrected chi connectivity index (χ2v) is 3.96. The van der Waals surface area contributed by atoms with E-state index < -0.39 is 0 Å². The molecular formula is C10H12ClN3. The van der Waals surface area contributed by atoms with Gasteiger partial charge in [0.15, 0.2) is 0 Å². The Morgan fingerprint density at radius 2 is 2.14 bits per heavy atom. The molecule has 0 saturated carbocycles. The van der Waals surface area contributed by atoms with Crippen molar-refractivity contribution in [2.45, 2.75) is 19.9 Å². The Morgan fingerprint density at radius 3 is 2.79 bits per heavy atom. The maximum atomic E-state index is 6.16. The summed E-state index contributed by atoms with van der Waals surface area (Å²) >= 11 is 6.16. The Balaban J connectivity index is 2.73. The van der Waals surface area contributed by atoms with Crippen molar-refractivity contribution in [1.29, 1.82) is 0 Å². The first-order valence-corrected chi connectivity index (χ1v) is 4.90. The van der Waals surface area contributed by atoms with Crippen LogP contribution < -0.4 is 5.73 Å². The highest BCUT2D eigenvalue weighted by Gasteiger charge is 2.10. The summed E-state index contributed by atoms with van der Waals surface area (Å²) in [5.41, 5.74) is 7.23. The normalized spacial score (nSPS) is 11.4. The van der Waals surface area contributed by atoms with Gasteiger partial charge in [-0.15, -0.1) is 0 Å². The molecule has 0 aliphatic carbocycles. The molecule has 0 aliphatic heterocycles. The second-order valence-electron chi connectivity index (χ2n) is 3.61. The molecule has 1 heterocycles. The van der Waals surface area contributed by atoms with Crippen molar-refractivity contribution in [1.82, 2.24) is 9.78 Å². The van der Waals surface area contributed by atoms with Gasteiger partial charge >= 0.3 is 0 Å². The molecule has 0 spiro atoms. The fraction of sp³-hybridized carbons (Fsp3) is 0.300. The van der Waals surface area contributed by atoms with E-state index in [1.165, 1.54) is 0 Å². The molecule has 0 unspecified atom stereocenters. The van der Waals surface area contributed by atoms with E-state index in [2.05, 4.69) is 5.10 Å². The fourth-order valence-electron chi connectivity index (χ4n) is 1.43. The van der Waals surface area contributed by atoms with Gasteiger partial charge < -0.3 is 5.73 Å². The lowest BCUT2D eigenvalue weighted by molar-refractivity contribution is 0.538. The summed E-state index contributed by atoms with van der Waals surface area (Å²) < 4.78 is 1.80. The molecule has 0 radical (unpaired) electrons. The van der Waals surface area contributed by atoms with Crippen molar-refractivity contribution in [2.75, 3.05) is 5.73 Å². The molecule has 1 aromatic heterocycles. The number of rotatable bonds is 1. The largest absolute Gasteiger partial charge is 0.399 e. The lowest BCUT2D eigenvalue weighted by Crippen LogP contribution is -2.01. The maximum absolute atomic E-state index is 6.16. The predicted octanol–water partition coefficient (Wildman–Crippen LogP) is 2.85. The number of benzene rings is 1. The molecule has 2 rings (SSSR count). The maximum Gasteiger partial charge on any atom is 0.135 e. The lowest BCUT2D eigenvalue weighted by atomic mass is 10.2. The van der Waals surface area contributed by atoms with Crippen LogP contribution in [0.15, 0.2) is 18.2 Å². The summed E-state index contributed by atoms with van der Waals surface area (Å²) in [6.45, 7) is 4.09. The minimum absolute atomic E-state index is 0.260. The molecule has 0 atom stereocenters. The number of aromatic nitrogens is 2. The van der Waals surface area contributed by atoms with Crippen LogP contribution in [-0.2, 0) is 0 Å². The highest BCUT2D eigenvalue weighted by Crippen LogP contribution is 2.27. The van der Waals surface area contributed by atoms with E-state index in [0.29, 0.717) is 10.8 Å². The Morgan fingerprint density at radius 1 is 1.43 bits per heavy atom. The van der Waals surface area contributed by atoms with Crippen molar-refractivity contribution >= 4 is 28.2 Å². The molecule has 2 aromatic rings. The molecule has 0 amide bonds. The number of hydrogen-bond donors (Lipinski definition) is 1. The van der Waals surface area contributed by atoms with Crippen LogP contribution in [0.25, 0.3) is 10.9 Å². The van der Waals surface area contributed by atoms with Crippen LogP contribution in [0.1, 0.15) is 19.9 Å². The van der Waals surface area contributed by atoms with Crippen molar-refractivity contribution in [2.24, 2.45) is 0 Å². The van der Waals surface area contributed by atoms with E-state index in [0.717, 1.165) is 10.9 Å². The number of halogens is 1. The first-order chi connectivity index (χ1) is 6.59. The Bertz CT molecular complexity index is 473. The van der Waals surface area contributed by atoms with Gasteiger partial charge in [0.1, 0.15) is 5.15 Å². The zero-order valence-electron chi connectivity index (χ0n) is 8.16. The summed E-state index contributed by atoms with van der Waals surface area (Å²) in [6.07, 6.45) is 0. The quantitative estimate of drug-likeness (QED) is 0.734. The second kappa shape index (κ2) is 3.17. The van der Waals surface area contributed by atoms with Gasteiger partial charge in [0, 0.05) is 17.1 Å². The third kappa shape index (κ3) is 1.34. The number of nitrogens with zero attached hydrogens (tertiary/aromatic N) is 2. The van der Waals surface area contributed by atoms with Gasteiger partial charge in [-0.25, -0.2) is 0 Å². The highest BCUT2D eigenvalue weighted by atomic mass is 35.5. The average Bonchev–Trinajstić information content (AvgIpc) is 2.43. The van der Waals surface area contributed by atoms with Gasteiger partial charge in [0.2, 0.25) is 0 Å². The molecule has 0 bridgehead atoms. The van der Waals surface area contributed by atoms with Crippen LogP contribution in [0.4, 0.5) is 5.69 Å².